The number of thioether (sulfide) groups is 2. The van der Waals surface area contributed by atoms with Crippen LogP contribution in [0.4, 0.5) is 5.13 Å². The van der Waals surface area contributed by atoms with E-state index >= 15 is 0 Å². The van der Waals surface area contributed by atoms with Crippen molar-refractivity contribution in [3.8, 4) is 0 Å². The summed E-state index contributed by atoms with van der Waals surface area (Å²) in [4.78, 5) is 51.7. The molecule has 0 bridgehead atoms. The molecule has 13 nitrogen and oxygen atoms in total. The lowest BCUT2D eigenvalue weighted by molar-refractivity contribution is -0.157. The fourth-order valence-corrected chi connectivity index (χ4v) is 6.89. The third-order valence-electron chi connectivity index (χ3n) is 4.75. The van der Waals surface area contributed by atoms with E-state index in [1.807, 2.05) is 0 Å². The van der Waals surface area contributed by atoms with E-state index in [-0.39, 0.29) is 46.0 Å². The molecule has 2 amide bonds. The number of rotatable bonds is 8. The van der Waals surface area contributed by atoms with Gasteiger partial charge < -0.3 is 25.9 Å². The van der Waals surface area contributed by atoms with E-state index in [0.29, 0.717) is 4.34 Å². The van der Waals surface area contributed by atoms with Crippen LogP contribution in [0.1, 0.15) is 5.82 Å². The summed E-state index contributed by atoms with van der Waals surface area (Å²) in [5.41, 5.74) is 4.22. The second kappa shape index (κ2) is 9.16. The molecular formula is C15H16N8O5S4. The van der Waals surface area contributed by atoms with Gasteiger partial charge in [0.2, 0.25) is 17.4 Å². The Kier molecular flexibility index (Phi) is 6.50. The van der Waals surface area contributed by atoms with Gasteiger partial charge in [0.05, 0.1) is 0 Å². The number of nitrogens with zero attached hydrogens (tertiary/aromatic N) is 6. The van der Waals surface area contributed by atoms with Gasteiger partial charge in [0, 0.05) is 29.6 Å². The molecule has 170 valence electrons. The van der Waals surface area contributed by atoms with Crippen molar-refractivity contribution >= 4 is 75.2 Å². The molecule has 3 atom stereocenters. The predicted octanol–water partition coefficient (Wildman–Crippen LogP) is -0.414. The maximum atomic E-state index is 12.8. The Morgan fingerprint density at radius 2 is 2.31 bits per heavy atom. The van der Waals surface area contributed by atoms with Gasteiger partial charge >= 0.3 is 5.97 Å². The van der Waals surface area contributed by atoms with Gasteiger partial charge in [-0.25, -0.2) is 4.98 Å². The molecule has 0 saturated carbocycles. The molecule has 4 heterocycles. The number of nitrogens with two attached hydrogens (primary N) is 1. The van der Waals surface area contributed by atoms with E-state index < -0.39 is 23.3 Å². The number of nitrogen functional groups attached to an aromatic ring is 1. The molecule has 0 aromatic carbocycles. The van der Waals surface area contributed by atoms with Gasteiger partial charge in [0.15, 0.2) is 9.47 Å². The number of oxime groups is 1. The van der Waals surface area contributed by atoms with E-state index in [0.717, 1.165) is 11.5 Å². The zero-order valence-corrected chi connectivity index (χ0v) is 19.6. The normalized spacial score (nSPS) is 25.1. The van der Waals surface area contributed by atoms with Crippen LogP contribution in [0.15, 0.2) is 15.8 Å². The molecule has 17 heteroatoms. The highest BCUT2D eigenvalue weighted by atomic mass is 32.2. The van der Waals surface area contributed by atoms with E-state index in [9.17, 15) is 19.5 Å². The predicted molar refractivity (Wildman–Crippen MR) is 118 cm³/mol. The van der Waals surface area contributed by atoms with Crippen molar-refractivity contribution in [1.29, 1.82) is 0 Å². The van der Waals surface area contributed by atoms with E-state index in [4.69, 9.17) is 10.6 Å². The molecule has 2 saturated heterocycles. The number of aliphatic carboxylic acids is 1. The minimum atomic E-state index is -1.13. The zero-order valence-electron chi connectivity index (χ0n) is 16.3. The summed E-state index contributed by atoms with van der Waals surface area (Å²) in [7, 11) is 1.27. The molecule has 2 aliphatic heterocycles. The number of carboxylic acid groups (broad SMARTS) is 1. The number of β-lactam (4-membered cyclic amide) rings is 1. The van der Waals surface area contributed by atoms with Crippen molar-refractivity contribution in [2.24, 2.45) is 10.6 Å². The molecular weight excluding hydrogens is 500 g/mol. The van der Waals surface area contributed by atoms with E-state index in [2.05, 4.69) is 29.2 Å². The van der Waals surface area contributed by atoms with Crippen LogP contribution >= 0.6 is 46.6 Å². The fourth-order valence-electron chi connectivity index (χ4n) is 3.15. The number of amides is 2. The Bertz CT molecular complexity index is 1060. The molecule has 4 N–H and O–H groups in total. The first kappa shape index (κ1) is 22.7. The highest BCUT2D eigenvalue weighted by molar-refractivity contribution is 8.01. The van der Waals surface area contributed by atoms with Gasteiger partial charge in [0.25, 0.3) is 5.91 Å². The summed E-state index contributed by atoms with van der Waals surface area (Å²) >= 11 is 4.69. The number of fused-ring (bicyclic) bond motifs is 1. The van der Waals surface area contributed by atoms with Crippen LogP contribution in [-0.2, 0) is 19.2 Å². The molecule has 0 spiro atoms. The number of anilines is 1. The van der Waals surface area contributed by atoms with Crippen LogP contribution in [0.3, 0.4) is 0 Å². The van der Waals surface area contributed by atoms with E-state index in [1.54, 1.807) is 0 Å². The fraction of sp³-hybridized carbons (Fsp3) is 0.467. The maximum Gasteiger partial charge on any atom is 0.313 e. The smallest absolute Gasteiger partial charge is 0.313 e. The monoisotopic (exact) mass is 516 g/mol. The second-order valence-electron chi connectivity index (χ2n) is 6.78. The highest BCUT2D eigenvalue weighted by Crippen LogP contribution is 2.44. The molecule has 2 aromatic heterocycles. The van der Waals surface area contributed by atoms with Crippen LogP contribution < -0.4 is 11.1 Å². The number of carbonyl (C=O) groups excluding carboxylic acids is 2. The lowest BCUT2D eigenvalue weighted by atomic mass is 9.89. The number of carbonyl (C=O) groups is 3. The van der Waals surface area contributed by atoms with E-state index in [1.165, 1.54) is 53.4 Å². The van der Waals surface area contributed by atoms with Crippen molar-refractivity contribution in [1.82, 2.24) is 28.9 Å². The molecule has 32 heavy (non-hydrogen) atoms. The lowest BCUT2D eigenvalue weighted by Gasteiger charge is -2.53. The van der Waals surface area contributed by atoms with Crippen LogP contribution in [0, 0.1) is 5.41 Å². The van der Waals surface area contributed by atoms with Crippen molar-refractivity contribution in [3.63, 3.8) is 0 Å². The summed E-state index contributed by atoms with van der Waals surface area (Å²) < 4.78 is 8.52. The average molecular weight is 517 g/mol. The molecule has 2 aromatic rings. The summed E-state index contributed by atoms with van der Waals surface area (Å²) in [5, 5.41) is 15.9. The van der Waals surface area contributed by atoms with Gasteiger partial charge in [0.1, 0.15) is 30.3 Å². The van der Waals surface area contributed by atoms with Crippen LogP contribution in [0.25, 0.3) is 0 Å². The summed E-state index contributed by atoms with van der Waals surface area (Å²) in [6.45, 7) is 0.0419. The standard InChI is InChI=1S/C15H16N8O5S4/c1-28-21-6(8-20-13(16)31-22-8)9(24)19-7-10(25)23-2-15(12(26)27,3-29-11(7)23)4-30-14-17-5-18-32-14/h5,7,11H,2-4H2,1H3,(H,19,24)(H,26,27)(H2,16,20,22)/t7?,11-,15?/m1/s1. The molecule has 2 aliphatic rings. The number of hydrogen-bond acceptors (Lipinski definition) is 14. The Balaban J connectivity index is 1.42. The quantitative estimate of drug-likeness (QED) is 0.178. The van der Waals surface area contributed by atoms with Crippen molar-refractivity contribution in [2.75, 3.05) is 30.9 Å². The maximum absolute atomic E-state index is 12.8. The number of nitrogens with one attached hydrogen (secondary N) is 1. The zero-order chi connectivity index (χ0) is 22.9. The molecule has 4 rings (SSSR count). The van der Waals surface area contributed by atoms with Gasteiger partial charge in [-0.2, -0.15) is 13.7 Å². The first-order valence-electron chi connectivity index (χ1n) is 8.91. The third-order valence-corrected chi connectivity index (χ3v) is 8.97. The van der Waals surface area contributed by atoms with Crippen LogP contribution in [-0.4, -0.2) is 88.8 Å². The summed E-state index contributed by atoms with van der Waals surface area (Å²) in [5.74, 6) is -1.53. The number of aromatic nitrogens is 4. The van der Waals surface area contributed by atoms with Crippen molar-refractivity contribution in [2.45, 2.75) is 15.8 Å². The minimum absolute atomic E-state index is 0.00892. The largest absolute Gasteiger partial charge is 0.481 e. The molecule has 2 unspecified atom stereocenters. The Morgan fingerprint density at radius 1 is 1.50 bits per heavy atom. The first-order chi connectivity index (χ1) is 15.3. The highest BCUT2D eigenvalue weighted by Gasteiger charge is 2.57. The SMILES string of the molecule is CON=C(C(=O)NC1C(=O)N2CC(CSc3ncns3)(C(=O)O)CS[C@H]12)c1nsc(N)n1. The minimum Gasteiger partial charge on any atom is -0.481 e. The molecule has 0 aliphatic carbocycles. The Labute approximate surface area is 197 Å². The van der Waals surface area contributed by atoms with Gasteiger partial charge in [-0.05, 0) is 11.5 Å². The number of hydrogen-bond donors (Lipinski definition) is 3. The summed E-state index contributed by atoms with van der Waals surface area (Å²) in [6, 6.07) is -0.826. The number of carboxylic acids is 1. The second-order valence-corrected chi connectivity index (χ2v) is 10.7. The van der Waals surface area contributed by atoms with Gasteiger partial charge in [-0.15, -0.1) is 11.8 Å². The molecule has 2 fully saturated rings. The lowest BCUT2D eigenvalue weighted by Crippen LogP contribution is -2.74. The summed E-state index contributed by atoms with van der Waals surface area (Å²) in [6.07, 6.45) is 1.41. The molecule has 0 radical (unpaired) electrons. The van der Waals surface area contributed by atoms with Gasteiger partial charge in [-0.1, -0.05) is 16.9 Å². The third kappa shape index (κ3) is 4.24. The Hall–Kier alpha value is -2.50. The Morgan fingerprint density at radius 3 is 2.94 bits per heavy atom. The van der Waals surface area contributed by atoms with Crippen molar-refractivity contribution in [3.05, 3.63) is 12.2 Å². The average Bonchev–Trinajstić information content (AvgIpc) is 3.45. The topological polar surface area (TPSA) is 186 Å². The van der Waals surface area contributed by atoms with Crippen LogP contribution in [0.2, 0.25) is 0 Å². The van der Waals surface area contributed by atoms with Gasteiger partial charge in [-0.3, -0.25) is 14.4 Å². The van der Waals surface area contributed by atoms with Crippen molar-refractivity contribution < 1.29 is 24.3 Å². The first-order valence-corrected chi connectivity index (χ1v) is 12.5. The van der Waals surface area contributed by atoms with Crippen LogP contribution in [0.5, 0.6) is 0 Å².